The Bertz CT molecular complexity index is 635. The molecule has 0 atom stereocenters. The zero-order valence-electron chi connectivity index (χ0n) is 9.15. The molecule has 90 valence electrons. The number of halogens is 2. The molecule has 0 fully saturated rings. The highest BCUT2D eigenvalue weighted by molar-refractivity contribution is 7.99. The normalized spacial score (nSPS) is 10.1. The van der Waals surface area contributed by atoms with Crippen LogP contribution in [0.25, 0.3) is 0 Å². The Balaban J connectivity index is 2.34. The minimum Gasteiger partial charge on any atom is -0.399 e. The second kappa shape index (κ2) is 5.53. The molecule has 0 amide bonds. The van der Waals surface area contributed by atoms with Crippen molar-refractivity contribution >= 4 is 40.7 Å². The zero-order chi connectivity index (χ0) is 13.1. The van der Waals surface area contributed by atoms with E-state index in [1.807, 2.05) is 12.1 Å². The number of hydrogen-bond donors (Lipinski definition) is 1. The molecule has 18 heavy (non-hydrogen) atoms. The lowest BCUT2D eigenvalue weighted by Crippen LogP contribution is -1.88. The molecule has 2 aromatic carbocycles. The first kappa shape index (κ1) is 13.1. The van der Waals surface area contributed by atoms with Crippen LogP contribution >= 0.6 is 35.0 Å². The van der Waals surface area contributed by atoms with Crippen LogP contribution in [0.1, 0.15) is 5.56 Å². The van der Waals surface area contributed by atoms with Gasteiger partial charge in [0.1, 0.15) is 6.07 Å². The van der Waals surface area contributed by atoms with Crippen LogP contribution < -0.4 is 5.73 Å². The van der Waals surface area contributed by atoms with Crippen LogP contribution in [0, 0.1) is 11.3 Å². The molecule has 5 heteroatoms. The third-order valence-corrected chi connectivity index (χ3v) is 4.05. The number of nitrogen functional groups attached to an aromatic ring is 1. The van der Waals surface area contributed by atoms with E-state index in [0.29, 0.717) is 21.3 Å². The SMILES string of the molecule is N#Cc1cc(N)ccc1Sc1ccc(Cl)c(Cl)c1. The van der Waals surface area contributed by atoms with Gasteiger partial charge in [0.25, 0.3) is 0 Å². The van der Waals surface area contributed by atoms with E-state index >= 15 is 0 Å². The first-order chi connectivity index (χ1) is 8.60. The van der Waals surface area contributed by atoms with Crippen LogP contribution in [0.5, 0.6) is 0 Å². The van der Waals surface area contributed by atoms with Crippen LogP contribution in [0.3, 0.4) is 0 Å². The van der Waals surface area contributed by atoms with Gasteiger partial charge in [-0.1, -0.05) is 35.0 Å². The molecule has 0 radical (unpaired) electrons. The second-order valence-corrected chi connectivity index (χ2v) is 5.48. The Morgan fingerprint density at radius 3 is 2.50 bits per heavy atom. The van der Waals surface area contributed by atoms with Gasteiger partial charge in [-0.05, 0) is 36.4 Å². The molecule has 0 saturated heterocycles. The number of anilines is 1. The number of hydrogen-bond acceptors (Lipinski definition) is 3. The first-order valence-corrected chi connectivity index (χ1v) is 6.60. The van der Waals surface area contributed by atoms with Crippen LogP contribution in [-0.2, 0) is 0 Å². The largest absolute Gasteiger partial charge is 0.399 e. The van der Waals surface area contributed by atoms with Crippen molar-refractivity contribution in [2.24, 2.45) is 0 Å². The molecule has 2 N–H and O–H groups in total. The van der Waals surface area contributed by atoms with Gasteiger partial charge in [0.15, 0.2) is 0 Å². The van der Waals surface area contributed by atoms with Gasteiger partial charge in [-0.3, -0.25) is 0 Å². The van der Waals surface area contributed by atoms with Crippen LogP contribution in [0.2, 0.25) is 10.0 Å². The molecule has 0 aliphatic heterocycles. The predicted molar refractivity (Wildman–Crippen MR) is 76.2 cm³/mol. The van der Waals surface area contributed by atoms with Crippen molar-refractivity contribution in [1.82, 2.24) is 0 Å². The average Bonchev–Trinajstić information content (AvgIpc) is 2.36. The van der Waals surface area contributed by atoms with Gasteiger partial charge in [0.2, 0.25) is 0 Å². The maximum Gasteiger partial charge on any atom is 0.100 e. The van der Waals surface area contributed by atoms with E-state index in [-0.39, 0.29) is 0 Å². The average molecular weight is 295 g/mol. The van der Waals surface area contributed by atoms with E-state index in [9.17, 15) is 0 Å². The summed E-state index contributed by atoms with van der Waals surface area (Å²) in [6, 6.07) is 12.7. The third-order valence-electron chi connectivity index (χ3n) is 2.24. The van der Waals surface area contributed by atoms with Crippen LogP contribution in [0.15, 0.2) is 46.2 Å². The highest BCUT2D eigenvalue weighted by Crippen LogP contribution is 2.34. The molecule has 0 bridgehead atoms. The van der Waals surface area contributed by atoms with Crippen LogP contribution in [-0.4, -0.2) is 0 Å². The minimum atomic E-state index is 0.496. The van der Waals surface area contributed by atoms with E-state index < -0.39 is 0 Å². The molecule has 0 aliphatic carbocycles. The van der Waals surface area contributed by atoms with Crippen molar-refractivity contribution in [3.8, 4) is 6.07 Å². The Hall–Kier alpha value is -1.34. The smallest absolute Gasteiger partial charge is 0.100 e. The Kier molecular flexibility index (Phi) is 4.03. The maximum absolute atomic E-state index is 9.05. The summed E-state index contributed by atoms with van der Waals surface area (Å²) < 4.78 is 0. The second-order valence-electron chi connectivity index (χ2n) is 3.55. The summed E-state index contributed by atoms with van der Waals surface area (Å²) in [6.07, 6.45) is 0. The zero-order valence-corrected chi connectivity index (χ0v) is 11.5. The Morgan fingerprint density at radius 2 is 1.83 bits per heavy atom. The fraction of sp³-hybridized carbons (Fsp3) is 0. The van der Waals surface area contributed by atoms with Crippen molar-refractivity contribution < 1.29 is 0 Å². The molecule has 0 heterocycles. The molecule has 2 rings (SSSR count). The van der Waals surface area contributed by atoms with E-state index in [1.54, 1.807) is 24.3 Å². The third kappa shape index (κ3) is 2.91. The molecular weight excluding hydrogens is 287 g/mol. The summed E-state index contributed by atoms with van der Waals surface area (Å²) in [5.74, 6) is 0. The summed E-state index contributed by atoms with van der Waals surface area (Å²) in [5, 5.41) is 10.1. The quantitative estimate of drug-likeness (QED) is 0.824. The summed E-state index contributed by atoms with van der Waals surface area (Å²) in [5.41, 5.74) is 6.76. The lowest BCUT2D eigenvalue weighted by molar-refractivity contribution is 1.35. The number of nitrogens with two attached hydrogens (primary N) is 1. The Morgan fingerprint density at radius 1 is 1.06 bits per heavy atom. The first-order valence-electron chi connectivity index (χ1n) is 5.02. The number of nitrogens with zero attached hydrogens (tertiary/aromatic N) is 1. The van der Waals surface area contributed by atoms with Crippen molar-refractivity contribution in [2.45, 2.75) is 9.79 Å². The van der Waals surface area contributed by atoms with Gasteiger partial charge < -0.3 is 5.73 Å². The molecule has 2 aromatic rings. The van der Waals surface area contributed by atoms with E-state index in [4.69, 9.17) is 34.2 Å². The summed E-state index contributed by atoms with van der Waals surface area (Å²) >= 11 is 13.3. The van der Waals surface area contributed by atoms with Gasteiger partial charge in [-0.15, -0.1) is 0 Å². The standard InChI is InChI=1S/C13H8Cl2N2S/c14-11-3-2-10(6-12(11)15)18-13-4-1-9(17)5-8(13)7-16/h1-6H,17H2. The predicted octanol–water partition coefficient (Wildman–Crippen LogP) is 4.60. The Labute approximate surface area is 119 Å². The van der Waals surface area contributed by atoms with Crippen LogP contribution in [0.4, 0.5) is 5.69 Å². The monoisotopic (exact) mass is 294 g/mol. The van der Waals surface area contributed by atoms with E-state index in [0.717, 1.165) is 9.79 Å². The van der Waals surface area contributed by atoms with Crippen molar-refractivity contribution in [2.75, 3.05) is 5.73 Å². The van der Waals surface area contributed by atoms with Crippen molar-refractivity contribution in [3.63, 3.8) is 0 Å². The minimum absolute atomic E-state index is 0.496. The van der Waals surface area contributed by atoms with Crippen molar-refractivity contribution in [1.29, 1.82) is 5.26 Å². The van der Waals surface area contributed by atoms with Gasteiger partial charge >= 0.3 is 0 Å². The number of benzene rings is 2. The van der Waals surface area contributed by atoms with Crippen molar-refractivity contribution in [3.05, 3.63) is 52.0 Å². The summed E-state index contributed by atoms with van der Waals surface area (Å²) in [6.45, 7) is 0. The molecule has 2 nitrogen and oxygen atoms in total. The van der Waals surface area contributed by atoms with Gasteiger partial charge in [-0.25, -0.2) is 0 Å². The fourth-order valence-corrected chi connectivity index (χ4v) is 2.67. The van der Waals surface area contributed by atoms with Gasteiger partial charge in [0, 0.05) is 15.5 Å². The molecule has 0 aliphatic rings. The fourth-order valence-electron chi connectivity index (χ4n) is 1.39. The lowest BCUT2D eigenvalue weighted by atomic mass is 10.2. The van der Waals surface area contributed by atoms with E-state index in [1.165, 1.54) is 11.8 Å². The molecular formula is C13H8Cl2N2S. The summed E-state index contributed by atoms with van der Waals surface area (Å²) in [4.78, 5) is 1.76. The van der Waals surface area contributed by atoms with E-state index in [2.05, 4.69) is 6.07 Å². The molecule has 0 saturated carbocycles. The molecule has 0 aromatic heterocycles. The van der Waals surface area contributed by atoms with Gasteiger partial charge in [0.05, 0.1) is 15.6 Å². The van der Waals surface area contributed by atoms with Gasteiger partial charge in [-0.2, -0.15) is 5.26 Å². The highest BCUT2D eigenvalue weighted by atomic mass is 35.5. The lowest BCUT2D eigenvalue weighted by Gasteiger charge is -2.05. The molecule has 0 spiro atoms. The maximum atomic E-state index is 9.05. The molecule has 0 unspecified atom stereocenters. The topological polar surface area (TPSA) is 49.8 Å². The highest BCUT2D eigenvalue weighted by Gasteiger charge is 2.06. The number of rotatable bonds is 2. The number of nitriles is 1. The summed E-state index contributed by atoms with van der Waals surface area (Å²) in [7, 11) is 0.